The van der Waals surface area contributed by atoms with Crippen molar-refractivity contribution in [1.82, 2.24) is 25.5 Å². The molecule has 0 saturated heterocycles. The molecule has 0 radical (unpaired) electrons. The monoisotopic (exact) mass is 495 g/mol. The van der Waals surface area contributed by atoms with E-state index >= 15 is 0 Å². The van der Waals surface area contributed by atoms with Crippen molar-refractivity contribution in [2.45, 2.75) is 57.8 Å². The van der Waals surface area contributed by atoms with E-state index in [9.17, 15) is 14.4 Å². The lowest BCUT2D eigenvalue weighted by molar-refractivity contribution is -0.146. The first-order valence-corrected chi connectivity index (χ1v) is 12.6. The van der Waals surface area contributed by atoms with Gasteiger partial charge in [-0.3, -0.25) is 14.4 Å². The third-order valence-corrected chi connectivity index (χ3v) is 7.70. The summed E-state index contributed by atoms with van der Waals surface area (Å²) >= 11 is 1.41. The van der Waals surface area contributed by atoms with Gasteiger partial charge in [-0.15, -0.1) is 11.3 Å². The number of nitrogens with one attached hydrogen (secondary N) is 3. The minimum absolute atomic E-state index is 0.263. The second kappa shape index (κ2) is 9.43. The average Bonchev–Trinajstić information content (AvgIpc) is 3.49. The number of fused-ring (bicyclic) bond motifs is 2. The largest absolute Gasteiger partial charge is 0.462 e. The van der Waals surface area contributed by atoms with E-state index in [2.05, 4.69) is 32.5 Å². The highest BCUT2D eigenvalue weighted by molar-refractivity contribution is 7.13. The Labute approximate surface area is 207 Å². The van der Waals surface area contributed by atoms with Crippen LogP contribution in [0.5, 0.6) is 0 Å². The van der Waals surface area contributed by atoms with E-state index in [1.54, 1.807) is 0 Å². The molecule has 1 saturated carbocycles. The molecular formula is C25H29N5O4S. The summed E-state index contributed by atoms with van der Waals surface area (Å²) in [5.74, 6) is -0.907. The smallest absolute Gasteiger partial charge is 0.302 e. The van der Waals surface area contributed by atoms with E-state index in [4.69, 9.17) is 4.74 Å². The van der Waals surface area contributed by atoms with E-state index in [1.165, 1.54) is 18.3 Å². The number of amides is 2. The van der Waals surface area contributed by atoms with E-state index in [0.717, 1.165) is 46.5 Å². The highest BCUT2D eigenvalue weighted by atomic mass is 32.1. The molecule has 1 aliphatic carbocycles. The molecule has 3 N–H and O–H groups in total. The Hall–Kier alpha value is -3.24. The summed E-state index contributed by atoms with van der Waals surface area (Å²) in [4.78, 5) is 48.7. The maximum Gasteiger partial charge on any atom is 0.302 e. The fraction of sp³-hybridized carbons (Fsp3) is 0.440. The third kappa shape index (κ3) is 5.08. The van der Waals surface area contributed by atoms with Gasteiger partial charge in [0.2, 0.25) is 0 Å². The van der Waals surface area contributed by atoms with Crippen molar-refractivity contribution in [2.24, 2.45) is 0 Å². The van der Waals surface area contributed by atoms with E-state index in [-0.39, 0.29) is 36.0 Å². The minimum atomic E-state index is -0.385. The molecule has 2 amide bonds. The Morgan fingerprint density at radius 3 is 2.63 bits per heavy atom. The normalized spacial score (nSPS) is 22.1. The molecule has 2 aliphatic rings. The average molecular weight is 496 g/mol. The molecule has 5 rings (SSSR count). The van der Waals surface area contributed by atoms with Crippen molar-refractivity contribution in [3.63, 3.8) is 0 Å². The Kier molecular flexibility index (Phi) is 6.33. The van der Waals surface area contributed by atoms with Crippen molar-refractivity contribution in [1.29, 1.82) is 0 Å². The van der Waals surface area contributed by atoms with E-state index in [1.807, 2.05) is 31.2 Å². The van der Waals surface area contributed by atoms with Gasteiger partial charge in [-0.25, -0.2) is 4.98 Å². The lowest BCUT2D eigenvalue weighted by atomic mass is 10.1. The van der Waals surface area contributed by atoms with Crippen LogP contribution in [0.15, 0.2) is 24.3 Å². The molecule has 1 aliphatic heterocycles. The molecule has 1 fully saturated rings. The summed E-state index contributed by atoms with van der Waals surface area (Å²) < 4.78 is 5.42. The number of esters is 1. The first-order valence-electron chi connectivity index (χ1n) is 11.8. The second-order valence-electron chi connectivity index (χ2n) is 9.51. The molecule has 10 heteroatoms. The van der Waals surface area contributed by atoms with Crippen LogP contribution >= 0.6 is 11.3 Å². The first-order chi connectivity index (χ1) is 16.7. The summed E-state index contributed by atoms with van der Waals surface area (Å²) in [6.07, 6.45) is 1.30. The number of carbonyl (C=O) groups is 3. The number of hydrogen-bond donors (Lipinski definition) is 3. The lowest BCUT2D eigenvalue weighted by Gasteiger charge is -2.21. The molecular weight excluding hydrogens is 466 g/mol. The molecule has 1 aromatic carbocycles. The maximum absolute atomic E-state index is 13.1. The number of aromatic nitrogens is 2. The molecule has 184 valence electrons. The molecule has 3 aromatic rings. The topological polar surface area (TPSA) is 116 Å². The van der Waals surface area contributed by atoms with Crippen LogP contribution in [0.3, 0.4) is 0 Å². The lowest BCUT2D eigenvalue weighted by Crippen LogP contribution is -2.48. The molecule has 3 heterocycles. The van der Waals surface area contributed by atoms with Crippen molar-refractivity contribution in [3.05, 3.63) is 51.1 Å². The standard InChI is InChI=1S/C25H29N5O4S/c1-13-4-5-17-15(8-13)9-21(26-17)23(32)27-19-10-16(34-14(2)31)11-20(19)28-24(33)25-29-18-6-7-30(3)12-22(18)35-25/h4-5,8-9,16,19-20,26H,6-7,10-12H2,1-3H3,(H,27,32)(H,28,33)/t16?,19-,20-/m1/s1. The quantitative estimate of drug-likeness (QED) is 0.469. The van der Waals surface area contributed by atoms with Crippen LogP contribution in [0, 0.1) is 6.92 Å². The van der Waals surface area contributed by atoms with Gasteiger partial charge < -0.3 is 25.3 Å². The number of benzene rings is 1. The van der Waals surface area contributed by atoms with Crippen molar-refractivity contribution >= 4 is 40.0 Å². The fourth-order valence-electron chi connectivity index (χ4n) is 4.91. The summed E-state index contributed by atoms with van der Waals surface area (Å²) in [5.41, 5.74) is 3.43. The van der Waals surface area contributed by atoms with Crippen LogP contribution in [-0.4, -0.2) is 64.4 Å². The summed E-state index contributed by atoms with van der Waals surface area (Å²) in [6, 6.07) is 7.00. The van der Waals surface area contributed by atoms with Crippen LogP contribution in [0.1, 0.15) is 56.2 Å². The maximum atomic E-state index is 13.1. The number of nitrogens with zero attached hydrogens (tertiary/aromatic N) is 2. The Bertz CT molecular complexity index is 1300. The number of H-pyrrole nitrogens is 1. The van der Waals surface area contributed by atoms with Crippen LogP contribution in [0.25, 0.3) is 10.9 Å². The zero-order valence-electron chi connectivity index (χ0n) is 20.0. The summed E-state index contributed by atoms with van der Waals surface area (Å²) in [5, 5.41) is 7.46. The minimum Gasteiger partial charge on any atom is -0.462 e. The van der Waals surface area contributed by atoms with Crippen LogP contribution in [0.4, 0.5) is 0 Å². The number of rotatable bonds is 5. The Morgan fingerprint density at radius 1 is 1.14 bits per heavy atom. The van der Waals surface area contributed by atoms with Crippen LogP contribution < -0.4 is 10.6 Å². The number of hydrogen-bond acceptors (Lipinski definition) is 7. The molecule has 3 atom stereocenters. The van der Waals surface area contributed by atoms with Gasteiger partial charge in [0.25, 0.3) is 11.8 Å². The fourth-order valence-corrected chi connectivity index (χ4v) is 6.00. The van der Waals surface area contributed by atoms with Gasteiger partial charge in [-0.2, -0.15) is 0 Å². The zero-order valence-corrected chi connectivity index (χ0v) is 20.8. The molecule has 0 bridgehead atoms. The molecule has 35 heavy (non-hydrogen) atoms. The number of aryl methyl sites for hydroxylation is 1. The number of aromatic amines is 1. The van der Waals surface area contributed by atoms with Gasteiger partial charge in [-0.05, 0) is 32.2 Å². The van der Waals surface area contributed by atoms with Gasteiger partial charge >= 0.3 is 5.97 Å². The number of carbonyl (C=O) groups excluding carboxylic acids is 3. The SMILES string of the molecule is CC(=O)OC1C[C@@H](NC(=O)c2cc3cc(C)ccc3[nH]2)[C@H](NC(=O)c2nc3c(s2)CN(C)CC3)C1. The number of thiazole rings is 1. The zero-order chi connectivity index (χ0) is 24.7. The predicted molar refractivity (Wildman–Crippen MR) is 132 cm³/mol. The van der Waals surface area contributed by atoms with Crippen LogP contribution in [0.2, 0.25) is 0 Å². The predicted octanol–water partition coefficient (Wildman–Crippen LogP) is 2.54. The van der Waals surface area contributed by atoms with E-state index < -0.39 is 0 Å². The second-order valence-corrected chi connectivity index (χ2v) is 10.6. The van der Waals surface area contributed by atoms with Crippen molar-refractivity contribution in [3.8, 4) is 0 Å². The number of likely N-dealkylation sites (N-methyl/N-ethyl adjacent to an activating group) is 1. The van der Waals surface area contributed by atoms with Gasteiger partial charge in [0.05, 0.1) is 17.8 Å². The van der Waals surface area contributed by atoms with Gasteiger partial charge in [0.1, 0.15) is 11.8 Å². The molecule has 9 nitrogen and oxygen atoms in total. The summed E-state index contributed by atoms with van der Waals surface area (Å²) in [7, 11) is 2.05. The van der Waals surface area contributed by atoms with Crippen LogP contribution in [-0.2, 0) is 22.5 Å². The summed E-state index contributed by atoms with van der Waals surface area (Å²) in [6.45, 7) is 5.08. The number of ether oxygens (including phenoxy) is 1. The van der Waals surface area contributed by atoms with E-state index in [0.29, 0.717) is 23.5 Å². The van der Waals surface area contributed by atoms with Gasteiger partial charge in [0.15, 0.2) is 5.01 Å². The molecule has 1 unspecified atom stereocenters. The van der Waals surface area contributed by atoms with Gasteiger partial charge in [-0.1, -0.05) is 11.6 Å². The van der Waals surface area contributed by atoms with Crippen molar-refractivity contribution in [2.75, 3.05) is 13.6 Å². The Balaban J connectivity index is 1.31. The highest BCUT2D eigenvalue weighted by Gasteiger charge is 2.39. The Morgan fingerprint density at radius 2 is 1.89 bits per heavy atom. The molecule has 0 spiro atoms. The first kappa shape index (κ1) is 23.5. The highest BCUT2D eigenvalue weighted by Crippen LogP contribution is 2.27. The third-order valence-electron chi connectivity index (χ3n) is 6.62. The van der Waals surface area contributed by atoms with Gasteiger partial charge in [0, 0.05) is 55.1 Å². The molecule has 2 aromatic heterocycles. The van der Waals surface area contributed by atoms with Crippen molar-refractivity contribution < 1.29 is 19.1 Å².